The first-order valence-electron chi connectivity index (χ1n) is 6.57. The van der Waals surface area contributed by atoms with Crippen LogP contribution in [0, 0.1) is 12.7 Å². The van der Waals surface area contributed by atoms with E-state index in [1.165, 1.54) is 11.3 Å². The van der Waals surface area contributed by atoms with Crippen LogP contribution in [0.2, 0.25) is 10.0 Å². The maximum absolute atomic E-state index is 14.5. The van der Waals surface area contributed by atoms with Crippen LogP contribution in [0.1, 0.15) is 35.4 Å². The number of hydrogen-bond acceptors (Lipinski definition) is 2. The van der Waals surface area contributed by atoms with E-state index in [9.17, 15) is 4.39 Å². The predicted molar refractivity (Wildman–Crippen MR) is 93.3 cm³/mol. The lowest BCUT2D eigenvalue weighted by Crippen LogP contribution is -2.23. The molecule has 1 aromatic heterocycles. The van der Waals surface area contributed by atoms with Crippen molar-refractivity contribution in [1.82, 2.24) is 5.32 Å². The normalized spacial score (nSPS) is 12.7. The minimum absolute atomic E-state index is 0.0974. The highest BCUT2D eigenvalue weighted by atomic mass is 79.9. The third-order valence-electron chi connectivity index (χ3n) is 3.16. The van der Waals surface area contributed by atoms with Crippen LogP contribution < -0.4 is 5.32 Å². The average Bonchev–Trinajstić information content (AvgIpc) is 2.79. The van der Waals surface area contributed by atoms with E-state index in [-0.39, 0.29) is 11.1 Å². The molecule has 1 heterocycles. The van der Waals surface area contributed by atoms with Crippen LogP contribution in [0.15, 0.2) is 22.0 Å². The van der Waals surface area contributed by atoms with Gasteiger partial charge in [0.15, 0.2) is 0 Å². The third-order valence-corrected chi connectivity index (χ3v) is 6.20. The van der Waals surface area contributed by atoms with Gasteiger partial charge in [0.05, 0.1) is 16.1 Å². The fourth-order valence-corrected chi connectivity index (χ4v) is 3.91. The third kappa shape index (κ3) is 3.62. The van der Waals surface area contributed by atoms with Gasteiger partial charge >= 0.3 is 0 Å². The largest absolute Gasteiger partial charge is 0.305 e. The SMILES string of the molecule is CCCNC(c1ccc(Br)c(Cl)c1F)c1scc(C)c1Cl. The fourth-order valence-electron chi connectivity index (χ4n) is 2.04. The summed E-state index contributed by atoms with van der Waals surface area (Å²) < 4.78 is 15.1. The van der Waals surface area contributed by atoms with E-state index >= 15 is 0 Å². The minimum atomic E-state index is -0.415. The molecule has 1 nitrogen and oxygen atoms in total. The lowest BCUT2D eigenvalue weighted by Gasteiger charge is -2.20. The van der Waals surface area contributed by atoms with Crippen molar-refractivity contribution >= 4 is 50.5 Å². The van der Waals surface area contributed by atoms with Gasteiger partial charge < -0.3 is 5.32 Å². The van der Waals surface area contributed by atoms with Gasteiger partial charge in [-0.15, -0.1) is 11.3 Å². The summed E-state index contributed by atoms with van der Waals surface area (Å²) in [4.78, 5) is 0.917. The van der Waals surface area contributed by atoms with Crippen molar-refractivity contribution < 1.29 is 4.39 Å². The first-order chi connectivity index (χ1) is 9.97. The van der Waals surface area contributed by atoms with Gasteiger partial charge in [-0.1, -0.05) is 36.2 Å². The summed E-state index contributed by atoms with van der Waals surface area (Å²) in [6.45, 7) is 4.78. The van der Waals surface area contributed by atoms with Crippen molar-refractivity contribution in [2.24, 2.45) is 0 Å². The quantitative estimate of drug-likeness (QED) is 0.566. The first kappa shape index (κ1) is 17.2. The molecule has 0 aliphatic carbocycles. The second-order valence-electron chi connectivity index (χ2n) is 4.75. The summed E-state index contributed by atoms with van der Waals surface area (Å²) in [7, 11) is 0. The van der Waals surface area contributed by atoms with Gasteiger partial charge in [0, 0.05) is 14.9 Å². The zero-order valence-electron chi connectivity index (χ0n) is 11.6. The van der Waals surface area contributed by atoms with Crippen molar-refractivity contribution in [2.45, 2.75) is 26.3 Å². The highest BCUT2D eigenvalue weighted by Crippen LogP contribution is 2.39. The molecule has 0 bridgehead atoms. The molecule has 0 aliphatic heterocycles. The van der Waals surface area contributed by atoms with E-state index < -0.39 is 5.82 Å². The fraction of sp³-hybridized carbons (Fsp3) is 0.333. The van der Waals surface area contributed by atoms with E-state index in [1.54, 1.807) is 12.1 Å². The molecule has 0 fully saturated rings. The summed E-state index contributed by atoms with van der Waals surface area (Å²) in [5.74, 6) is -0.415. The highest BCUT2D eigenvalue weighted by Gasteiger charge is 2.24. The molecule has 2 rings (SSSR count). The molecule has 1 aromatic carbocycles. The minimum Gasteiger partial charge on any atom is -0.305 e. The molecule has 0 aliphatic rings. The van der Waals surface area contributed by atoms with E-state index in [1.807, 2.05) is 12.3 Å². The van der Waals surface area contributed by atoms with Gasteiger partial charge in [0.1, 0.15) is 5.82 Å². The summed E-state index contributed by atoms with van der Waals surface area (Å²) >= 11 is 17.1. The molecule has 1 N–H and O–H groups in total. The maximum Gasteiger partial charge on any atom is 0.148 e. The van der Waals surface area contributed by atoms with E-state index in [4.69, 9.17) is 23.2 Å². The van der Waals surface area contributed by atoms with Crippen LogP contribution >= 0.6 is 50.5 Å². The van der Waals surface area contributed by atoms with Crippen molar-refractivity contribution in [2.75, 3.05) is 6.54 Å². The Kier molecular flexibility index (Phi) is 6.09. The van der Waals surface area contributed by atoms with Crippen LogP contribution in [-0.4, -0.2) is 6.54 Å². The Morgan fingerprint density at radius 2 is 2.05 bits per heavy atom. The van der Waals surface area contributed by atoms with Gasteiger partial charge in [-0.05, 0) is 52.8 Å². The maximum atomic E-state index is 14.5. The average molecular weight is 411 g/mol. The van der Waals surface area contributed by atoms with Gasteiger partial charge in [-0.3, -0.25) is 0 Å². The van der Waals surface area contributed by atoms with Crippen molar-refractivity contribution in [3.8, 4) is 0 Å². The molecule has 0 amide bonds. The van der Waals surface area contributed by atoms with E-state index in [0.717, 1.165) is 23.4 Å². The number of benzene rings is 1. The van der Waals surface area contributed by atoms with Crippen LogP contribution in [0.5, 0.6) is 0 Å². The lowest BCUT2D eigenvalue weighted by atomic mass is 10.0. The smallest absolute Gasteiger partial charge is 0.148 e. The number of aryl methyl sites for hydroxylation is 1. The second-order valence-corrected chi connectivity index (χ2v) is 7.27. The Morgan fingerprint density at radius 1 is 1.33 bits per heavy atom. The molecule has 21 heavy (non-hydrogen) atoms. The Hall–Kier alpha value is -0.130. The van der Waals surface area contributed by atoms with Crippen molar-refractivity contribution in [3.63, 3.8) is 0 Å². The highest BCUT2D eigenvalue weighted by molar-refractivity contribution is 9.10. The monoisotopic (exact) mass is 409 g/mol. The summed E-state index contributed by atoms with van der Waals surface area (Å²) in [5, 5.41) is 6.12. The molecule has 1 atom stereocenters. The topological polar surface area (TPSA) is 12.0 Å². The Balaban J connectivity index is 2.51. The molecule has 0 radical (unpaired) electrons. The van der Waals surface area contributed by atoms with E-state index in [0.29, 0.717) is 15.1 Å². The Bertz CT molecular complexity index is 645. The molecule has 0 spiro atoms. The zero-order chi connectivity index (χ0) is 15.6. The number of hydrogen-bond donors (Lipinski definition) is 1. The van der Waals surface area contributed by atoms with Crippen molar-refractivity contribution in [3.05, 3.63) is 53.9 Å². The van der Waals surface area contributed by atoms with Gasteiger partial charge in [0.2, 0.25) is 0 Å². The first-order valence-corrected chi connectivity index (χ1v) is 9.00. The Morgan fingerprint density at radius 3 is 2.62 bits per heavy atom. The van der Waals surface area contributed by atoms with Crippen molar-refractivity contribution in [1.29, 1.82) is 0 Å². The molecular formula is C15H15BrCl2FNS. The molecule has 0 saturated heterocycles. The van der Waals surface area contributed by atoms with Crippen LogP contribution in [0.3, 0.4) is 0 Å². The number of halogens is 4. The standard InChI is InChI=1S/C15H15BrCl2FNS/c1-3-6-20-14(15-11(17)8(2)7-21-15)9-4-5-10(16)12(18)13(9)19/h4-5,7,14,20H,3,6H2,1-2H3. The lowest BCUT2D eigenvalue weighted by molar-refractivity contribution is 0.551. The number of nitrogens with one attached hydrogen (secondary N) is 1. The number of rotatable bonds is 5. The molecule has 1 unspecified atom stereocenters. The van der Waals surface area contributed by atoms with Crippen LogP contribution in [0.4, 0.5) is 4.39 Å². The van der Waals surface area contributed by atoms with Crippen LogP contribution in [0.25, 0.3) is 0 Å². The summed E-state index contributed by atoms with van der Waals surface area (Å²) in [5.41, 5.74) is 1.52. The molecule has 2 aromatic rings. The number of thiophene rings is 1. The summed E-state index contributed by atoms with van der Waals surface area (Å²) in [6, 6.07) is 3.21. The molecule has 0 saturated carbocycles. The molecule has 114 valence electrons. The molecular weight excluding hydrogens is 396 g/mol. The van der Waals surface area contributed by atoms with Gasteiger partial charge in [0.25, 0.3) is 0 Å². The van der Waals surface area contributed by atoms with Crippen LogP contribution in [-0.2, 0) is 0 Å². The molecule has 6 heteroatoms. The Labute approximate surface area is 146 Å². The second kappa shape index (κ2) is 7.42. The van der Waals surface area contributed by atoms with Gasteiger partial charge in [-0.25, -0.2) is 4.39 Å². The predicted octanol–water partition coefficient (Wildman–Crippen LogP) is 6.35. The zero-order valence-corrected chi connectivity index (χ0v) is 15.6. The van der Waals surface area contributed by atoms with Gasteiger partial charge in [-0.2, -0.15) is 0 Å². The summed E-state index contributed by atoms with van der Waals surface area (Å²) in [6.07, 6.45) is 0.949. The van der Waals surface area contributed by atoms with E-state index in [2.05, 4.69) is 28.2 Å².